The summed E-state index contributed by atoms with van der Waals surface area (Å²) < 4.78 is 7.54. The number of imidazole rings is 1. The average molecular weight is 309 g/mol. The second-order valence-electron chi connectivity index (χ2n) is 4.87. The Labute approximate surface area is 126 Å². The minimum absolute atomic E-state index is 0.0403. The molecule has 0 spiro atoms. The molecule has 0 bridgehead atoms. The molecule has 3 rings (SSSR count). The average Bonchev–Trinajstić information content (AvgIpc) is 3.09. The van der Waals surface area contributed by atoms with E-state index in [1.54, 1.807) is 18.4 Å². The van der Waals surface area contributed by atoms with Crippen molar-refractivity contribution in [3.63, 3.8) is 0 Å². The predicted molar refractivity (Wildman–Crippen MR) is 81.9 cm³/mol. The molecule has 0 aromatic carbocycles. The number of nitrogens with one attached hydrogen (secondary N) is 2. The number of hydrogen-bond acceptors (Lipinski definition) is 6. The molecule has 1 aliphatic rings. The summed E-state index contributed by atoms with van der Waals surface area (Å²) in [7, 11) is 3.56. The normalized spacial score (nSPS) is 19.1. The van der Waals surface area contributed by atoms with Crippen LogP contribution >= 0.6 is 11.3 Å². The Morgan fingerprint density at radius 2 is 2.43 bits per heavy atom. The summed E-state index contributed by atoms with van der Waals surface area (Å²) in [5, 5.41) is 7.89. The third-order valence-electron chi connectivity index (χ3n) is 3.63. The van der Waals surface area contributed by atoms with Gasteiger partial charge in [0.25, 0.3) is 0 Å². The lowest BCUT2D eigenvalue weighted by molar-refractivity contribution is -0.124. The molecule has 0 aliphatic carbocycles. The number of carbonyl (C=O) groups is 1. The van der Waals surface area contributed by atoms with Gasteiger partial charge in [-0.2, -0.15) is 0 Å². The van der Waals surface area contributed by atoms with E-state index in [4.69, 9.17) is 9.72 Å². The first-order valence-electron chi connectivity index (χ1n) is 6.91. The van der Waals surface area contributed by atoms with Gasteiger partial charge in [-0.25, -0.2) is 4.98 Å². The fourth-order valence-corrected chi connectivity index (χ4v) is 3.35. The molecule has 2 aromatic heterocycles. The molecule has 0 saturated carbocycles. The number of morpholine rings is 1. The number of likely N-dealkylation sites (N-methyl/N-ethyl adjacent to an activating group) is 1. The van der Waals surface area contributed by atoms with Crippen LogP contribution in [-0.4, -0.2) is 55.2 Å². The Morgan fingerprint density at radius 1 is 1.57 bits per heavy atom. The second kappa shape index (κ2) is 6.00. The number of nitrogens with zero attached hydrogens (tertiary/aromatic N) is 3. The molecule has 3 heterocycles. The number of ether oxygens (including phenoxy) is 1. The fourth-order valence-electron chi connectivity index (χ4n) is 2.62. The molecule has 21 heavy (non-hydrogen) atoms. The molecule has 7 nitrogen and oxygen atoms in total. The second-order valence-corrected chi connectivity index (χ2v) is 5.74. The minimum Gasteiger partial charge on any atom is -0.377 e. The highest BCUT2D eigenvalue weighted by Crippen LogP contribution is 2.27. The van der Waals surface area contributed by atoms with Gasteiger partial charge >= 0.3 is 0 Å². The number of thiazole rings is 1. The van der Waals surface area contributed by atoms with Gasteiger partial charge in [0.2, 0.25) is 5.91 Å². The summed E-state index contributed by atoms with van der Waals surface area (Å²) in [5.41, 5.74) is 1.07. The van der Waals surface area contributed by atoms with E-state index in [1.165, 1.54) is 0 Å². The molecule has 2 aromatic rings. The highest BCUT2D eigenvalue weighted by molar-refractivity contribution is 7.15. The summed E-state index contributed by atoms with van der Waals surface area (Å²) in [5.74, 6) is 0.828. The number of rotatable bonds is 4. The maximum absolute atomic E-state index is 12.1. The Morgan fingerprint density at radius 3 is 3.19 bits per heavy atom. The smallest absolute Gasteiger partial charge is 0.244 e. The van der Waals surface area contributed by atoms with Crippen molar-refractivity contribution in [3.8, 4) is 0 Å². The van der Waals surface area contributed by atoms with E-state index >= 15 is 0 Å². The minimum atomic E-state index is -0.330. The quantitative estimate of drug-likeness (QED) is 0.836. The number of amides is 1. The van der Waals surface area contributed by atoms with Crippen LogP contribution in [0.3, 0.4) is 0 Å². The number of anilines is 1. The van der Waals surface area contributed by atoms with Gasteiger partial charge in [0.05, 0.1) is 18.9 Å². The Kier molecular flexibility index (Phi) is 4.09. The van der Waals surface area contributed by atoms with Crippen molar-refractivity contribution >= 4 is 28.0 Å². The molecule has 1 atom stereocenters. The van der Waals surface area contributed by atoms with E-state index in [9.17, 15) is 4.79 Å². The molecule has 1 fully saturated rings. The van der Waals surface area contributed by atoms with Gasteiger partial charge in [-0.05, 0) is 7.05 Å². The highest BCUT2D eigenvalue weighted by atomic mass is 32.1. The van der Waals surface area contributed by atoms with E-state index in [1.807, 2.05) is 18.6 Å². The fraction of sp³-hybridized carbons (Fsp3) is 0.538. The van der Waals surface area contributed by atoms with Crippen molar-refractivity contribution < 1.29 is 9.53 Å². The Balaban J connectivity index is 2.02. The molecule has 1 amide bonds. The molecule has 2 N–H and O–H groups in total. The van der Waals surface area contributed by atoms with Crippen LogP contribution in [-0.2, 0) is 16.1 Å². The molecule has 114 valence electrons. The van der Waals surface area contributed by atoms with E-state index in [0.29, 0.717) is 26.3 Å². The van der Waals surface area contributed by atoms with Gasteiger partial charge in [-0.3, -0.25) is 9.20 Å². The van der Waals surface area contributed by atoms with Crippen LogP contribution in [0.1, 0.15) is 5.69 Å². The first-order valence-corrected chi connectivity index (χ1v) is 7.79. The molecule has 8 heteroatoms. The van der Waals surface area contributed by atoms with E-state index in [-0.39, 0.29) is 11.9 Å². The van der Waals surface area contributed by atoms with Crippen LogP contribution in [0.2, 0.25) is 0 Å². The van der Waals surface area contributed by atoms with Crippen LogP contribution in [0.15, 0.2) is 11.6 Å². The monoisotopic (exact) mass is 309 g/mol. The van der Waals surface area contributed by atoms with Crippen LogP contribution in [0.5, 0.6) is 0 Å². The lowest BCUT2D eigenvalue weighted by atomic mass is 10.2. The number of hydrogen-bond donors (Lipinski definition) is 2. The van der Waals surface area contributed by atoms with Gasteiger partial charge in [0.1, 0.15) is 6.04 Å². The van der Waals surface area contributed by atoms with Crippen molar-refractivity contribution in [3.05, 3.63) is 17.3 Å². The zero-order valence-corrected chi connectivity index (χ0v) is 12.9. The van der Waals surface area contributed by atoms with Crippen LogP contribution in [0, 0.1) is 0 Å². The molecular formula is C13H19N5O2S. The lowest BCUT2D eigenvalue weighted by Crippen LogP contribution is -2.53. The topological polar surface area (TPSA) is 70.9 Å². The molecular weight excluding hydrogens is 290 g/mol. The van der Waals surface area contributed by atoms with Gasteiger partial charge in [0, 0.05) is 31.7 Å². The van der Waals surface area contributed by atoms with E-state index < -0.39 is 0 Å². The third-order valence-corrected chi connectivity index (χ3v) is 4.39. The van der Waals surface area contributed by atoms with E-state index in [2.05, 4.69) is 19.9 Å². The number of fused-ring (bicyclic) bond motifs is 1. The van der Waals surface area contributed by atoms with Crippen LogP contribution in [0.4, 0.5) is 5.82 Å². The van der Waals surface area contributed by atoms with Gasteiger partial charge in [-0.15, -0.1) is 11.3 Å². The summed E-state index contributed by atoms with van der Waals surface area (Å²) in [6, 6.07) is -0.330. The van der Waals surface area contributed by atoms with Crippen molar-refractivity contribution in [2.45, 2.75) is 12.6 Å². The summed E-state index contributed by atoms with van der Waals surface area (Å²) in [6.07, 6.45) is 2.01. The molecule has 1 saturated heterocycles. The molecule has 0 radical (unpaired) electrons. The number of carbonyl (C=O) groups excluding carboxylic acids is 1. The summed E-state index contributed by atoms with van der Waals surface area (Å²) >= 11 is 1.59. The van der Waals surface area contributed by atoms with Gasteiger partial charge in [0.15, 0.2) is 10.8 Å². The predicted octanol–water partition coefficient (Wildman–Crippen LogP) is 0.0664. The SMILES string of the molecule is CNCc1c(N2CCOCC2C(=O)NC)nc2sccn12. The zero-order valence-electron chi connectivity index (χ0n) is 12.1. The first kappa shape index (κ1) is 14.3. The van der Waals surface area contributed by atoms with Crippen LogP contribution < -0.4 is 15.5 Å². The number of aromatic nitrogens is 2. The third kappa shape index (κ3) is 2.50. The lowest BCUT2D eigenvalue weighted by Gasteiger charge is -2.35. The highest BCUT2D eigenvalue weighted by Gasteiger charge is 2.32. The summed E-state index contributed by atoms with van der Waals surface area (Å²) in [4.78, 5) is 19.8. The maximum atomic E-state index is 12.1. The standard InChI is InChI=1S/C13H19N5O2S/c1-14-7-9-11(16-13-18(9)4-6-21-13)17-3-5-20-8-10(17)12(19)15-2/h4,6,10,14H,3,5,7-8H2,1-2H3,(H,15,19). The first-order chi connectivity index (χ1) is 10.3. The van der Waals surface area contributed by atoms with Crippen LogP contribution in [0.25, 0.3) is 4.96 Å². The Hall–Kier alpha value is -1.64. The maximum Gasteiger partial charge on any atom is 0.244 e. The zero-order chi connectivity index (χ0) is 14.8. The van der Waals surface area contributed by atoms with E-state index in [0.717, 1.165) is 16.5 Å². The van der Waals surface area contributed by atoms with Crippen molar-refractivity contribution in [1.82, 2.24) is 20.0 Å². The van der Waals surface area contributed by atoms with Gasteiger partial charge < -0.3 is 20.3 Å². The molecule has 1 aliphatic heterocycles. The van der Waals surface area contributed by atoms with Crippen molar-refractivity contribution in [1.29, 1.82) is 0 Å². The largest absolute Gasteiger partial charge is 0.377 e. The molecule has 1 unspecified atom stereocenters. The van der Waals surface area contributed by atoms with Crippen molar-refractivity contribution in [2.24, 2.45) is 0 Å². The van der Waals surface area contributed by atoms with Gasteiger partial charge in [-0.1, -0.05) is 0 Å². The Bertz CT molecular complexity index is 638. The summed E-state index contributed by atoms with van der Waals surface area (Å²) in [6.45, 7) is 2.37. The van der Waals surface area contributed by atoms with Crippen molar-refractivity contribution in [2.75, 3.05) is 38.8 Å².